The minimum Gasteiger partial charge on any atom is -0.345 e. The van der Waals surface area contributed by atoms with Gasteiger partial charge in [-0.15, -0.1) is 0 Å². The van der Waals surface area contributed by atoms with E-state index in [0.717, 1.165) is 25.7 Å². The molecule has 0 saturated heterocycles. The number of carbonyl (C=O) groups is 2. The lowest BCUT2D eigenvalue weighted by atomic mass is 9.75. The fourth-order valence-electron chi connectivity index (χ4n) is 1.99. The van der Waals surface area contributed by atoms with Crippen LogP contribution < -0.4 is 10.6 Å². The highest BCUT2D eigenvalue weighted by atomic mass is 16.2. The number of nitriles is 1. The van der Waals surface area contributed by atoms with Crippen LogP contribution in [0.25, 0.3) is 0 Å². The van der Waals surface area contributed by atoms with Gasteiger partial charge in [0.15, 0.2) is 0 Å². The Bertz CT molecular complexity index is 334. The lowest BCUT2D eigenvalue weighted by molar-refractivity contribution is -0.139. The minimum absolute atomic E-state index is 0.0864. The summed E-state index contributed by atoms with van der Waals surface area (Å²) in [6.07, 6.45) is 3.92. The lowest BCUT2D eigenvalue weighted by Gasteiger charge is -2.34. The third-order valence-corrected chi connectivity index (χ3v) is 3.21. The van der Waals surface area contributed by atoms with Crippen LogP contribution in [0.15, 0.2) is 0 Å². The van der Waals surface area contributed by atoms with E-state index in [-0.39, 0.29) is 12.6 Å². The highest BCUT2D eigenvalue weighted by molar-refractivity contribution is 6.35. The molecular weight excluding hydrogens is 218 g/mol. The maximum atomic E-state index is 11.4. The Morgan fingerprint density at radius 1 is 1.29 bits per heavy atom. The predicted molar refractivity (Wildman–Crippen MR) is 62.8 cm³/mol. The lowest BCUT2D eigenvalue weighted by Crippen LogP contribution is -2.46. The highest BCUT2D eigenvalue weighted by Crippen LogP contribution is 2.34. The van der Waals surface area contributed by atoms with Crippen molar-refractivity contribution in [3.8, 4) is 6.07 Å². The molecule has 2 N–H and O–H groups in total. The van der Waals surface area contributed by atoms with E-state index >= 15 is 0 Å². The van der Waals surface area contributed by atoms with E-state index in [4.69, 9.17) is 5.26 Å². The molecule has 5 nitrogen and oxygen atoms in total. The number of amides is 2. The Morgan fingerprint density at radius 3 is 2.41 bits per heavy atom. The number of rotatable bonds is 2. The van der Waals surface area contributed by atoms with Crippen LogP contribution in [0.1, 0.15) is 39.5 Å². The number of hydrogen-bond acceptors (Lipinski definition) is 3. The first kappa shape index (κ1) is 13.5. The molecule has 2 amide bonds. The molecule has 0 unspecified atom stereocenters. The van der Waals surface area contributed by atoms with Gasteiger partial charge in [-0.1, -0.05) is 13.8 Å². The normalized spacial score (nSPS) is 19.1. The fraction of sp³-hybridized carbons (Fsp3) is 0.750. The first-order chi connectivity index (χ1) is 7.94. The van der Waals surface area contributed by atoms with Crippen molar-refractivity contribution >= 4 is 11.8 Å². The minimum atomic E-state index is -0.726. The van der Waals surface area contributed by atoms with Crippen LogP contribution in [0.4, 0.5) is 0 Å². The Balaban J connectivity index is 2.33. The number of carbonyl (C=O) groups excluding carboxylic acids is 2. The van der Waals surface area contributed by atoms with E-state index in [2.05, 4.69) is 24.5 Å². The Labute approximate surface area is 102 Å². The van der Waals surface area contributed by atoms with Crippen molar-refractivity contribution in [2.24, 2.45) is 5.41 Å². The molecule has 17 heavy (non-hydrogen) atoms. The van der Waals surface area contributed by atoms with Gasteiger partial charge in [0.2, 0.25) is 0 Å². The van der Waals surface area contributed by atoms with Gasteiger partial charge >= 0.3 is 11.8 Å². The van der Waals surface area contributed by atoms with Gasteiger partial charge in [0.1, 0.15) is 6.54 Å². The highest BCUT2D eigenvalue weighted by Gasteiger charge is 2.28. The summed E-state index contributed by atoms with van der Waals surface area (Å²) in [4.78, 5) is 22.7. The molecule has 1 aliphatic carbocycles. The predicted octanol–water partition coefficient (Wildman–Crippen LogP) is 0.711. The van der Waals surface area contributed by atoms with Crippen LogP contribution >= 0.6 is 0 Å². The van der Waals surface area contributed by atoms with Gasteiger partial charge in [-0.3, -0.25) is 9.59 Å². The molecule has 0 aliphatic heterocycles. The zero-order valence-electron chi connectivity index (χ0n) is 10.4. The summed E-state index contributed by atoms with van der Waals surface area (Å²) in [6.45, 7) is 4.29. The molecule has 0 aromatic carbocycles. The average Bonchev–Trinajstić information content (AvgIpc) is 2.28. The van der Waals surface area contributed by atoms with E-state index in [1.54, 1.807) is 6.07 Å². The second-order valence-corrected chi connectivity index (χ2v) is 5.25. The SMILES string of the molecule is CC1(C)CCC(NC(=O)C(=O)NCC#N)CC1. The summed E-state index contributed by atoms with van der Waals surface area (Å²) in [5.74, 6) is -1.36. The van der Waals surface area contributed by atoms with Crippen LogP contribution in [0.5, 0.6) is 0 Å². The fourth-order valence-corrected chi connectivity index (χ4v) is 1.99. The van der Waals surface area contributed by atoms with Crippen LogP contribution in [0.3, 0.4) is 0 Å². The van der Waals surface area contributed by atoms with Crippen molar-refractivity contribution in [3.63, 3.8) is 0 Å². The van der Waals surface area contributed by atoms with Gasteiger partial charge in [-0.2, -0.15) is 5.26 Å². The van der Waals surface area contributed by atoms with E-state index < -0.39 is 11.8 Å². The third-order valence-electron chi connectivity index (χ3n) is 3.21. The molecule has 0 aromatic rings. The summed E-state index contributed by atoms with van der Waals surface area (Å²) in [6, 6.07) is 1.84. The first-order valence-corrected chi connectivity index (χ1v) is 5.90. The van der Waals surface area contributed by atoms with Gasteiger partial charge < -0.3 is 10.6 Å². The van der Waals surface area contributed by atoms with Crippen LogP contribution in [0.2, 0.25) is 0 Å². The maximum absolute atomic E-state index is 11.4. The Kier molecular flexibility index (Phi) is 4.50. The molecule has 1 saturated carbocycles. The summed E-state index contributed by atoms with van der Waals surface area (Å²) < 4.78 is 0. The molecular formula is C12H19N3O2. The molecule has 0 spiro atoms. The molecule has 5 heteroatoms. The largest absolute Gasteiger partial charge is 0.345 e. The zero-order valence-corrected chi connectivity index (χ0v) is 10.4. The topological polar surface area (TPSA) is 82.0 Å². The van der Waals surface area contributed by atoms with Gasteiger partial charge in [0, 0.05) is 6.04 Å². The molecule has 1 aliphatic rings. The summed E-state index contributed by atoms with van der Waals surface area (Å²) >= 11 is 0. The van der Waals surface area contributed by atoms with Crippen molar-refractivity contribution in [1.82, 2.24) is 10.6 Å². The standard InChI is InChI=1S/C12H19N3O2/c1-12(2)5-3-9(4-6-12)15-11(17)10(16)14-8-7-13/h9H,3-6,8H2,1-2H3,(H,14,16)(H,15,17). The number of nitrogens with zero attached hydrogens (tertiary/aromatic N) is 1. The molecule has 1 rings (SSSR count). The van der Waals surface area contributed by atoms with Crippen LogP contribution in [0, 0.1) is 16.7 Å². The van der Waals surface area contributed by atoms with Gasteiger partial charge in [0.05, 0.1) is 6.07 Å². The number of nitrogens with one attached hydrogen (secondary N) is 2. The quantitative estimate of drug-likeness (QED) is 0.548. The van der Waals surface area contributed by atoms with Gasteiger partial charge in [0.25, 0.3) is 0 Å². The second kappa shape index (κ2) is 5.67. The molecule has 0 heterocycles. The summed E-state index contributed by atoms with van der Waals surface area (Å²) in [7, 11) is 0. The van der Waals surface area contributed by atoms with E-state index in [9.17, 15) is 9.59 Å². The van der Waals surface area contributed by atoms with Crippen molar-refractivity contribution in [1.29, 1.82) is 5.26 Å². The zero-order chi connectivity index (χ0) is 12.9. The Hall–Kier alpha value is -1.57. The first-order valence-electron chi connectivity index (χ1n) is 5.90. The van der Waals surface area contributed by atoms with Crippen LogP contribution in [-0.4, -0.2) is 24.4 Å². The summed E-state index contributed by atoms with van der Waals surface area (Å²) in [5, 5.41) is 13.2. The molecule has 0 radical (unpaired) electrons. The van der Waals surface area contributed by atoms with E-state index in [1.807, 2.05) is 0 Å². The maximum Gasteiger partial charge on any atom is 0.310 e. The van der Waals surface area contributed by atoms with Crippen LogP contribution in [-0.2, 0) is 9.59 Å². The van der Waals surface area contributed by atoms with E-state index in [0.29, 0.717) is 5.41 Å². The average molecular weight is 237 g/mol. The van der Waals surface area contributed by atoms with Crippen molar-refractivity contribution < 1.29 is 9.59 Å². The van der Waals surface area contributed by atoms with Gasteiger partial charge in [-0.05, 0) is 31.1 Å². The smallest absolute Gasteiger partial charge is 0.310 e. The Morgan fingerprint density at radius 2 is 1.88 bits per heavy atom. The molecule has 0 atom stereocenters. The molecule has 94 valence electrons. The van der Waals surface area contributed by atoms with E-state index in [1.165, 1.54) is 0 Å². The van der Waals surface area contributed by atoms with Gasteiger partial charge in [-0.25, -0.2) is 0 Å². The molecule has 0 aromatic heterocycles. The van der Waals surface area contributed by atoms with Crippen molar-refractivity contribution in [3.05, 3.63) is 0 Å². The molecule has 0 bridgehead atoms. The summed E-state index contributed by atoms with van der Waals surface area (Å²) in [5.41, 5.74) is 0.338. The number of hydrogen-bond donors (Lipinski definition) is 2. The second-order valence-electron chi connectivity index (χ2n) is 5.25. The molecule has 1 fully saturated rings. The van der Waals surface area contributed by atoms with Crippen molar-refractivity contribution in [2.45, 2.75) is 45.6 Å². The monoisotopic (exact) mass is 237 g/mol. The third kappa shape index (κ3) is 4.43. The van der Waals surface area contributed by atoms with Crippen molar-refractivity contribution in [2.75, 3.05) is 6.54 Å².